The zero-order valence-electron chi connectivity index (χ0n) is 10.5. The molecule has 0 aliphatic heterocycles. The Labute approximate surface area is 127 Å². The van der Waals surface area contributed by atoms with Crippen molar-refractivity contribution in [3.05, 3.63) is 63.6 Å². The Hall–Kier alpha value is -1.73. The van der Waals surface area contributed by atoms with Gasteiger partial charge in [-0.2, -0.15) is 5.26 Å². The molecule has 5 heteroatoms. The first kappa shape index (κ1) is 14.7. The molecule has 0 radical (unpaired) electrons. The summed E-state index contributed by atoms with van der Waals surface area (Å²) >= 11 is 12.1. The second-order valence-electron chi connectivity index (χ2n) is 4.22. The number of hydrogen-bond acceptors (Lipinski definition) is 3. The molecule has 0 heterocycles. The Kier molecular flexibility index (Phi) is 4.86. The summed E-state index contributed by atoms with van der Waals surface area (Å²) < 4.78 is 0. The minimum atomic E-state index is -0.740. The highest BCUT2D eigenvalue weighted by atomic mass is 35.5. The summed E-state index contributed by atoms with van der Waals surface area (Å²) in [6, 6.07) is 14.1. The second-order valence-corrected chi connectivity index (χ2v) is 5.04. The largest absolute Gasteiger partial charge is 0.387 e. The zero-order chi connectivity index (χ0) is 14.5. The van der Waals surface area contributed by atoms with Crippen LogP contribution in [0.2, 0.25) is 10.0 Å². The van der Waals surface area contributed by atoms with Gasteiger partial charge < -0.3 is 10.4 Å². The minimum absolute atomic E-state index is 0.273. The van der Waals surface area contributed by atoms with Crippen LogP contribution >= 0.6 is 23.2 Å². The maximum absolute atomic E-state index is 10.1. The fraction of sp³-hybridized carbons (Fsp3) is 0.133. The maximum atomic E-state index is 10.1. The van der Waals surface area contributed by atoms with Gasteiger partial charge in [0.05, 0.1) is 28.4 Å². The molecule has 1 atom stereocenters. The number of aliphatic hydroxyl groups excluding tert-OH is 1. The molecule has 1 unspecified atom stereocenters. The first-order valence-electron chi connectivity index (χ1n) is 5.98. The fourth-order valence-electron chi connectivity index (χ4n) is 1.79. The molecular weight excluding hydrogens is 295 g/mol. The van der Waals surface area contributed by atoms with Gasteiger partial charge in [-0.15, -0.1) is 0 Å². The molecule has 2 aromatic rings. The molecule has 3 nitrogen and oxygen atoms in total. The summed E-state index contributed by atoms with van der Waals surface area (Å²) in [5.41, 5.74) is 1.82. The van der Waals surface area contributed by atoms with Gasteiger partial charge in [0.25, 0.3) is 0 Å². The van der Waals surface area contributed by atoms with Crippen molar-refractivity contribution in [1.29, 1.82) is 5.26 Å². The number of nitrogens with one attached hydrogen (secondary N) is 1. The van der Waals surface area contributed by atoms with Crippen molar-refractivity contribution in [3.63, 3.8) is 0 Å². The molecule has 0 amide bonds. The highest BCUT2D eigenvalue weighted by Crippen LogP contribution is 2.26. The highest BCUT2D eigenvalue weighted by Gasteiger charge is 2.11. The fourth-order valence-corrected chi connectivity index (χ4v) is 2.30. The highest BCUT2D eigenvalue weighted by molar-refractivity contribution is 6.33. The summed E-state index contributed by atoms with van der Waals surface area (Å²) in [4.78, 5) is 0. The van der Waals surface area contributed by atoms with Crippen molar-refractivity contribution >= 4 is 28.9 Å². The summed E-state index contributed by atoms with van der Waals surface area (Å²) in [5.74, 6) is 0. The molecule has 0 aliphatic rings. The van der Waals surface area contributed by atoms with Crippen molar-refractivity contribution in [2.75, 3.05) is 11.9 Å². The third-order valence-corrected chi connectivity index (χ3v) is 3.51. The first-order valence-corrected chi connectivity index (χ1v) is 6.73. The van der Waals surface area contributed by atoms with E-state index in [2.05, 4.69) is 5.32 Å². The Morgan fingerprint density at radius 2 is 1.90 bits per heavy atom. The molecule has 0 bridgehead atoms. The predicted octanol–water partition coefficient (Wildman–Crippen LogP) is 4.01. The van der Waals surface area contributed by atoms with Crippen LogP contribution in [0.25, 0.3) is 0 Å². The molecule has 0 saturated heterocycles. The first-order chi connectivity index (χ1) is 9.61. The number of nitriles is 1. The molecule has 20 heavy (non-hydrogen) atoms. The van der Waals surface area contributed by atoms with Gasteiger partial charge in [0, 0.05) is 17.1 Å². The minimum Gasteiger partial charge on any atom is -0.387 e. The second kappa shape index (κ2) is 6.62. The van der Waals surface area contributed by atoms with E-state index in [0.29, 0.717) is 26.9 Å². The number of benzene rings is 2. The van der Waals surface area contributed by atoms with Crippen LogP contribution in [0.5, 0.6) is 0 Å². The monoisotopic (exact) mass is 306 g/mol. The van der Waals surface area contributed by atoms with Gasteiger partial charge in [-0.05, 0) is 24.3 Å². The molecule has 0 fully saturated rings. The summed E-state index contributed by atoms with van der Waals surface area (Å²) in [6.07, 6.45) is -0.740. The SMILES string of the molecule is N#Cc1ccc(NCC(O)c2ccccc2Cl)c(Cl)c1. The van der Waals surface area contributed by atoms with Crippen molar-refractivity contribution in [1.82, 2.24) is 0 Å². The van der Waals surface area contributed by atoms with Crippen LogP contribution in [0.4, 0.5) is 5.69 Å². The Bertz CT molecular complexity index is 653. The lowest BCUT2D eigenvalue weighted by Gasteiger charge is -2.15. The average Bonchev–Trinajstić information content (AvgIpc) is 2.46. The van der Waals surface area contributed by atoms with Crippen LogP contribution in [-0.2, 0) is 0 Å². The quantitative estimate of drug-likeness (QED) is 0.897. The van der Waals surface area contributed by atoms with Crippen LogP contribution in [-0.4, -0.2) is 11.7 Å². The maximum Gasteiger partial charge on any atom is 0.0992 e. The third kappa shape index (κ3) is 3.43. The molecule has 0 spiro atoms. The lowest BCUT2D eigenvalue weighted by molar-refractivity contribution is 0.192. The van der Waals surface area contributed by atoms with Gasteiger partial charge in [0.2, 0.25) is 0 Å². The topological polar surface area (TPSA) is 56.0 Å². The van der Waals surface area contributed by atoms with Gasteiger partial charge >= 0.3 is 0 Å². The Balaban J connectivity index is 2.06. The number of nitrogens with zero attached hydrogens (tertiary/aromatic N) is 1. The van der Waals surface area contributed by atoms with Crippen molar-refractivity contribution in [3.8, 4) is 6.07 Å². The van der Waals surface area contributed by atoms with Crippen LogP contribution in [0.1, 0.15) is 17.2 Å². The molecule has 2 aromatic carbocycles. The van der Waals surface area contributed by atoms with E-state index in [-0.39, 0.29) is 6.54 Å². The lowest BCUT2D eigenvalue weighted by atomic mass is 10.1. The van der Waals surface area contributed by atoms with E-state index in [9.17, 15) is 5.11 Å². The Morgan fingerprint density at radius 3 is 2.55 bits per heavy atom. The summed E-state index contributed by atoms with van der Waals surface area (Å²) in [7, 11) is 0. The Morgan fingerprint density at radius 1 is 1.15 bits per heavy atom. The molecule has 2 N–H and O–H groups in total. The zero-order valence-corrected chi connectivity index (χ0v) is 12.0. The van der Waals surface area contributed by atoms with Gasteiger partial charge in [0.1, 0.15) is 0 Å². The van der Waals surface area contributed by atoms with Crippen LogP contribution in [0, 0.1) is 11.3 Å². The molecular formula is C15H12Cl2N2O. The van der Waals surface area contributed by atoms with E-state index in [1.165, 1.54) is 0 Å². The van der Waals surface area contributed by atoms with Gasteiger partial charge in [-0.25, -0.2) is 0 Å². The van der Waals surface area contributed by atoms with Crippen molar-refractivity contribution < 1.29 is 5.11 Å². The van der Waals surface area contributed by atoms with E-state index in [1.807, 2.05) is 18.2 Å². The number of halogens is 2. The molecule has 2 rings (SSSR count). The molecule has 0 aromatic heterocycles. The normalized spacial score (nSPS) is 11.7. The van der Waals surface area contributed by atoms with E-state index in [4.69, 9.17) is 28.5 Å². The lowest BCUT2D eigenvalue weighted by Crippen LogP contribution is -2.12. The van der Waals surface area contributed by atoms with E-state index < -0.39 is 6.10 Å². The summed E-state index contributed by atoms with van der Waals surface area (Å²) in [6.45, 7) is 0.273. The standard InChI is InChI=1S/C15H12Cl2N2O/c16-12-4-2-1-3-11(12)15(20)9-19-14-6-5-10(8-18)7-13(14)17/h1-7,15,19-20H,9H2. The van der Waals surface area contributed by atoms with Gasteiger partial charge in [0.15, 0.2) is 0 Å². The van der Waals surface area contributed by atoms with Gasteiger partial charge in [-0.3, -0.25) is 0 Å². The smallest absolute Gasteiger partial charge is 0.0992 e. The number of aliphatic hydroxyl groups is 1. The third-order valence-electron chi connectivity index (χ3n) is 2.85. The molecule has 0 aliphatic carbocycles. The summed E-state index contributed by atoms with van der Waals surface area (Å²) in [5, 5.41) is 22.9. The van der Waals surface area contributed by atoms with Crippen LogP contribution < -0.4 is 5.32 Å². The number of anilines is 1. The molecule has 102 valence electrons. The van der Waals surface area contributed by atoms with E-state index in [0.717, 1.165) is 0 Å². The van der Waals surface area contributed by atoms with Gasteiger partial charge in [-0.1, -0.05) is 41.4 Å². The van der Waals surface area contributed by atoms with Crippen LogP contribution in [0.15, 0.2) is 42.5 Å². The van der Waals surface area contributed by atoms with Crippen LogP contribution in [0.3, 0.4) is 0 Å². The average molecular weight is 307 g/mol. The number of rotatable bonds is 4. The van der Waals surface area contributed by atoms with Crippen molar-refractivity contribution in [2.24, 2.45) is 0 Å². The van der Waals surface area contributed by atoms with E-state index >= 15 is 0 Å². The van der Waals surface area contributed by atoms with Crippen molar-refractivity contribution in [2.45, 2.75) is 6.10 Å². The van der Waals surface area contributed by atoms with E-state index in [1.54, 1.807) is 30.3 Å². The molecule has 0 saturated carbocycles. The number of hydrogen-bond donors (Lipinski definition) is 2. The predicted molar refractivity (Wildman–Crippen MR) is 81.1 cm³/mol.